The van der Waals surface area contributed by atoms with E-state index >= 15 is 0 Å². The van der Waals surface area contributed by atoms with Crippen LogP contribution < -0.4 is 0 Å². The van der Waals surface area contributed by atoms with Crippen LogP contribution in [0.15, 0.2) is 54.6 Å². The highest BCUT2D eigenvalue weighted by atomic mass is 14.7. The average Bonchev–Trinajstić information content (AvgIpc) is 2.78. The predicted octanol–water partition coefficient (Wildman–Crippen LogP) is 4.80. The SMILES string of the molecule is C/C=C\C=C/C1CC=Cc2[nH]c3ccccc3c21. The number of nitrogens with one attached hydrogen (secondary N) is 1. The summed E-state index contributed by atoms with van der Waals surface area (Å²) in [6, 6.07) is 8.55. The maximum Gasteiger partial charge on any atom is 0.0461 e. The first-order valence-corrected chi connectivity index (χ1v) is 6.47. The molecule has 1 heteroatoms. The highest BCUT2D eigenvalue weighted by Crippen LogP contribution is 2.36. The number of hydrogen-bond donors (Lipinski definition) is 1. The average molecular weight is 235 g/mol. The summed E-state index contributed by atoms with van der Waals surface area (Å²) in [5.74, 6) is 0.484. The van der Waals surface area contributed by atoms with Gasteiger partial charge in [0.25, 0.3) is 0 Å². The van der Waals surface area contributed by atoms with Crippen LogP contribution in [0, 0.1) is 0 Å². The number of fused-ring (bicyclic) bond motifs is 3. The van der Waals surface area contributed by atoms with Gasteiger partial charge < -0.3 is 4.98 Å². The number of rotatable bonds is 2. The summed E-state index contributed by atoms with van der Waals surface area (Å²) in [7, 11) is 0. The van der Waals surface area contributed by atoms with Gasteiger partial charge in [-0.15, -0.1) is 0 Å². The maximum absolute atomic E-state index is 3.50. The molecule has 0 spiro atoms. The van der Waals surface area contributed by atoms with E-state index in [1.807, 2.05) is 6.92 Å². The first-order chi connectivity index (χ1) is 8.90. The molecular formula is C17H17N. The van der Waals surface area contributed by atoms with Crippen LogP contribution in [0.25, 0.3) is 17.0 Å². The van der Waals surface area contributed by atoms with Crippen LogP contribution in [0.3, 0.4) is 0 Å². The molecule has 0 amide bonds. The van der Waals surface area contributed by atoms with Crippen LogP contribution >= 0.6 is 0 Å². The monoisotopic (exact) mass is 235 g/mol. The maximum atomic E-state index is 3.50. The lowest BCUT2D eigenvalue weighted by Gasteiger charge is -2.15. The van der Waals surface area contributed by atoms with E-state index in [-0.39, 0.29) is 0 Å². The lowest BCUT2D eigenvalue weighted by Crippen LogP contribution is -1.99. The van der Waals surface area contributed by atoms with E-state index in [2.05, 4.69) is 65.7 Å². The van der Waals surface area contributed by atoms with Crippen molar-refractivity contribution in [2.45, 2.75) is 19.3 Å². The fourth-order valence-corrected chi connectivity index (χ4v) is 2.65. The van der Waals surface area contributed by atoms with E-state index in [1.54, 1.807) is 0 Å². The van der Waals surface area contributed by atoms with Crippen molar-refractivity contribution in [2.75, 3.05) is 0 Å². The zero-order chi connectivity index (χ0) is 12.4. The number of H-pyrrole nitrogens is 1. The van der Waals surface area contributed by atoms with Gasteiger partial charge in [0.2, 0.25) is 0 Å². The Bertz CT molecular complexity index is 641. The van der Waals surface area contributed by atoms with Crippen molar-refractivity contribution >= 4 is 17.0 Å². The van der Waals surface area contributed by atoms with Crippen molar-refractivity contribution < 1.29 is 0 Å². The minimum absolute atomic E-state index is 0.484. The molecular weight excluding hydrogens is 218 g/mol. The number of aromatic nitrogens is 1. The summed E-state index contributed by atoms with van der Waals surface area (Å²) < 4.78 is 0. The van der Waals surface area contributed by atoms with Gasteiger partial charge in [-0.05, 0) is 31.1 Å². The Hall–Kier alpha value is -2.02. The standard InChI is InChI=1S/C17H17N/c1-2-3-4-8-13-9-7-12-16-17(13)14-10-5-6-11-15(14)18-16/h2-8,10-13,18H,9H2,1H3/b3-2-,8-4-. The van der Waals surface area contributed by atoms with Gasteiger partial charge in [0, 0.05) is 22.5 Å². The summed E-state index contributed by atoms with van der Waals surface area (Å²) >= 11 is 0. The normalized spacial score (nSPS) is 19.1. The summed E-state index contributed by atoms with van der Waals surface area (Å²) in [4.78, 5) is 3.50. The molecule has 1 nitrogen and oxygen atoms in total. The zero-order valence-electron chi connectivity index (χ0n) is 10.6. The fraction of sp³-hybridized carbons (Fsp3) is 0.176. The van der Waals surface area contributed by atoms with Crippen LogP contribution in [0.2, 0.25) is 0 Å². The Kier molecular flexibility index (Phi) is 2.89. The number of allylic oxidation sites excluding steroid dienone is 5. The summed E-state index contributed by atoms with van der Waals surface area (Å²) in [6.45, 7) is 2.04. The molecule has 1 N–H and O–H groups in total. The third kappa shape index (κ3) is 1.82. The van der Waals surface area contributed by atoms with Crippen LogP contribution in [0.4, 0.5) is 0 Å². The molecule has 0 saturated heterocycles. The van der Waals surface area contributed by atoms with Gasteiger partial charge in [-0.2, -0.15) is 0 Å². The molecule has 2 aromatic rings. The van der Waals surface area contributed by atoms with E-state index in [9.17, 15) is 0 Å². The first-order valence-electron chi connectivity index (χ1n) is 6.47. The molecule has 1 aliphatic rings. The number of hydrogen-bond acceptors (Lipinski definition) is 0. The Morgan fingerprint density at radius 1 is 1.22 bits per heavy atom. The van der Waals surface area contributed by atoms with E-state index in [1.165, 1.54) is 22.2 Å². The molecule has 0 fully saturated rings. The highest BCUT2D eigenvalue weighted by Gasteiger charge is 2.19. The van der Waals surface area contributed by atoms with Crippen LogP contribution in [0.1, 0.15) is 30.5 Å². The van der Waals surface area contributed by atoms with Gasteiger partial charge in [-0.25, -0.2) is 0 Å². The quantitative estimate of drug-likeness (QED) is 0.719. The molecule has 3 rings (SSSR count). The van der Waals surface area contributed by atoms with Crippen LogP contribution in [-0.4, -0.2) is 4.98 Å². The molecule has 18 heavy (non-hydrogen) atoms. The van der Waals surface area contributed by atoms with Gasteiger partial charge in [0.15, 0.2) is 0 Å². The third-order valence-electron chi connectivity index (χ3n) is 3.47. The molecule has 1 aromatic carbocycles. The Balaban J connectivity index is 2.11. The predicted molar refractivity (Wildman–Crippen MR) is 78.6 cm³/mol. The minimum Gasteiger partial charge on any atom is -0.355 e. The van der Waals surface area contributed by atoms with Crippen LogP contribution in [-0.2, 0) is 0 Å². The molecule has 1 aromatic heterocycles. The summed E-state index contributed by atoms with van der Waals surface area (Å²) in [5.41, 5.74) is 3.94. The van der Waals surface area contributed by atoms with Gasteiger partial charge in [-0.1, -0.05) is 48.6 Å². The van der Waals surface area contributed by atoms with Gasteiger partial charge in [0.1, 0.15) is 0 Å². The van der Waals surface area contributed by atoms with Crippen molar-refractivity contribution in [1.82, 2.24) is 4.98 Å². The van der Waals surface area contributed by atoms with E-state index in [0.717, 1.165) is 6.42 Å². The smallest absolute Gasteiger partial charge is 0.0461 e. The molecule has 0 saturated carbocycles. The second-order valence-electron chi connectivity index (χ2n) is 4.65. The summed E-state index contributed by atoms with van der Waals surface area (Å²) in [6.07, 6.45) is 14.1. The third-order valence-corrected chi connectivity index (χ3v) is 3.47. The van der Waals surface area contributed by atoms with Gasteiger partial charge >= 0.3 is 0 Å². The fourth-order valence-electron chi connectivity index (χ4n) is 2.65. The van der Waals surface area contributed by atoms with Crippen molar-refractivity contribution in [2.24, 2.45) is 0 Å². The van der Waals surface area contributed by atoms with E-state index in [4.69, 9.17) is 0 Å². The lowest BCUT2D eigenvalue weighted by molar-refractivity contribution is 0.859. The van der Waals surface area contributed by atoms with E-state index < -0.39 is 0 Å². The highest BCUT2D eigenvalue weighted by molar-refractivity contribution is 5.88. The van der Waals surface area contributed by atoms with Gasteiger partial charge in [-0.3, -0.25) is 0 Å². The Labute approximate surface area is 108 Å². The Morgan fingerprint density at radius 2 is 2.11 bits per heavy atom. The minimum atomic E-state index is 0.484. The number of benzene rings is 1. The van der Waals surface area contributed by atoms with Gasteiger partial charge in [0.05, 0.1) is 0 Å². The molecule has 1 aliphatic carbocycles. The first kappa shape index (κ1) is 11.1. The molecule has 0 bridgehead atoms. The van der Waals surface area contributed by atoms with Crippen molar-refractivity contribution in [3.8, 4) is 0 Å². The topological polar surface area (TPSA) is 15.8 Å². The van der Waals surface area contributed by atoms with Crippen molar-refractivity contribution in [3.05, 3.63) is 65.9 Å². The Morgan fingerprint density at radius 3 is 3.00 bits per heavy atom. The molecule has 0 aliphatic heterocycles. The van der Waals surface area contributed by atoms with E-state index in [0.29, 0.717) is 5.92 Å². The second-order valence-corrected chi connectivity index (χ2v) is 4.65. The van der Waals surface area contributed by atoms with Crippen molar-refractivity contribution in [3.63, 3.8) is 0 Å². The molecule has 1 unspecified atom stereocenters. The molecule has 1 atom stereocenters. The number of aromatic amines is 1. The largest absolute Gasteiger partial charge is 0.355 e. The molecule has 90 valence electrons. The van der Waals surface area contributed by atoms with Crippen molar-refractivity contribution in [1.29, 1.82) is 0 Å². The molecule has 1 heterocycles. The second kappa shape index (κ2) is 4.69. The van der Waals surface area contributed by atoms with Crippen LogP contribution in [0.5, 0.6) is 0 Å². The lowest BCUT2D eigenvalue weighted by atomic mass is 9.89. The molecule has 0 radical (unpaired) electrons. The summed E-state index contributed by atoms with van der Waals surface area (Å²) in [5, 5.41) is 1.35. The zero-order valence-corrected chi connectivity index (χ0v) is 10.6. The number of para-hydroxylation sites is 1.